The van der Waals surface area contributed by atoms with Crippen LogP contribution < -0.4 is 10.2 Å². The number of nitrogens with zero attached hydrogens (tertiary/aromatic N) is 3. The zero-order valence-corrected chi connectivity index (χ0v) is 14.6. The van der Waals surface area contributed by atoms with E-state index in [0.29, 0.717) is 11.7 Å². The molecule has 0 aliphatic carbocycles. The lowest BCUT2D eigenvalue weighted by atomic mass is 10.1. The van der Waals surface area contributed by atoms with Gasteiger partial charge in [0.15, 0.2) is 5.82 Å². The van der Waals surface area contributed by atoms with Gasteiger partial charge in [-0.2, -0.15) is 4.98 Å². The molecular formula is C17H24N4O3. The average molecular weight is 332 g/mol. The molecule has 0 saturated carbocycles. The standard InChI is InChI=1S/C17H24N4O3/c1-12(9-14-5-7-15(8-6-14)21(3)4)18-16(22)10-23-11-17-19-13(2)20-24-17/h5-8,12H,9-11H2,1-4H3,(H,18,22). The third kappa shape index (κ3) is 5.66. The molecule has 0 aliphatic heterocycles. The number of aromatic nitrogens is 2. The van der Waals surface area contributed by atoms with Crippen molar-refractivity contribution in [3.8, 4) is 0 Å². The number of carbonyl (C=O) groups is 1. The van der Waals surface area contributed by atoms with E-state index in [0.717, 1.165) is 12.1 Å². The van der Waals surface area contributed by atoms with Crippen molar-refractivity contribution >= 4 is 11.6 Å². The summed E-state index contributed by atoms with van der Waals surface area (Å²) in [5.41, 5.74) is 2.33. The summed E-state index contributed by atoms with van der Waals surface area (Å²) >= 11 is 0. The molecule has 1 amide bonds. The number of rotatable bonds is 8. The van der Waals surface area contributed by atoms with E-state index >= 15 is 0 Å². The van der Waals surface area contributed by atoms with E-state index in [1.54, 1.807) is 6.92 Å². The number of ether oxygens (including phenoxy) is 1. The number of aryl methyl sites for hydroxylation is 1. The Morgan fingerprint density at radius 1 is 1.33 bits per heavy atom. The zero-order valence-electron chi connectivity index (χ0n) is 14.6. The molecule has 0 spiro atoms. The number of nitrogens with one attached hydrogen (secondary N) is 1. The van der Waals surface area contributed by atoms with E-state index in [1.807, 2.05) is 21.0 Å². The van der Waals surface area contributed by atoms with Crippen molar-refractivity contribution in [3.63, 3.8) is 0 Å². The van der Waals surface area contributed by atoms with Gasteiger partial charge < -0.3 is 19.5 Å². The van der Waals surface area contributed by atoms with Crippen molar-refractivity contribution in [2.24, 2.45) is 0 Å². The minimum Gasteiger partial charge on any atom is -0.378 e. The van der Waals surface area contributed by atoms with Crippen molar-refractivity contribution in [1.29, 1.82) is 0 Å². The van der Waals surface area contributed by atoms with Crippen LogP contribution in [0.25, 0.3) is 0 Å². The zero-order chi connectivity index (χ0) is 17.5. The van der Waals surface area contributed by atoms with Gasteiger partial charge in [-0.25, -0.2) is 0 Å². The van der Waals surface area contributed by atoms with E-state index in [-0.39, 0.29) is 25.2 Å². The van der Waals surface area contributed by atoms with Crippen molar-refractivity contribution in [1.82, 2.24) is 15.5 Å². The Hall–Kier alpha value is -2.41. The molecule has 7 nitrogen and oxygen atoms in total. The number of carbonyl (C=O) groups excluding carboxylic acids is 1. The molecule has 7 heteroatoms. The van der Waals surface area contributed by atoms with Gasteiger partial charge in [0.2, 0.25) is 5.91 Å². The Balaban J connectivity index is 1.70. The fraction of sp³-hybridized carbons (Fsp3) is 0.471. The predicted molar refractivity (Wildman–Crippen MR) is 90.8 cm³/mol. The summed E-state index contributed by atoms with van der Waals surface area (Å²) in [4.78, 5) is 17.9. The topological polar surface area (TPSA) is 80.5 Å². The van der Waals surface area contributed by atoms with E-state index in [9.17, 15) is 4.79 Å². The maximum atomic E-state index is 11.9. The number of anilines is 1. The second-order valence-corrected chi connectivity index (χ2v) is 5.96. The highest BCUT2D eigenvalue weighted by Crippen LogP contribution is 2.13. The first-order valence-electron chi connectivity index (χ1n) is 7.86. The largest absolute Gasteiger partial charge is 0.378 e. The number of benzene rings is 1. The number of hydrogen-bond donors (Lipinski definition) is 1. The summed E-state index contributed by atoms with van der Waals surface area (Å²) in [7, 11) is 4.01. The summed E-state index contributed by atoms with van der Waals surface area (Å²) in [6, 6.07) is 8.31. The van der Waals surface area contributed by atoms with Crippen molar-refractivity contribution in [2.45, 2.75) is 32.9 Å². The Bertz CT molecular complexity index is 652. The SMILES string of the molecule is Cc1noc(COCC(=O)NC(C)Cc2ccc(N(C)C)cc2)n1. The maximum absolute atomic E-state index is 11.9. The van der Waals surface area contributed by atoms with E-state index in [4.69, 9.17) is 9.26 Å². The van der Waals surface area contributed by atoms with Crippen LogP contribution in [0, 0.1) is 6.92 Å². The number of amides is 1. The second-order valence-electron chi connectivity index (χ2n) is 5.96. The molecule has 0 fully saturated rings. The lowest BCUT2D eigenvalue weighted by molar-refractivity contribution is -0.126. The first-order valence-corrected chi connectivity index (χ1v) is 7.86. The molecule has 1 N–H and O–H groups in total. The Morgan fingerprint density at radius 2 is 2.04 bits per heavy atom. The molecule has 0 aliphatic rings. The van der Waals surface area contributed by atoms with Crippen LogP contribution in [0.1, 0.15) is 24.2 Å². The molecule has 130 valence electrons. The van der Waals surface area contributed by atoms with Gasteiger partial charge in [-0.15, -0.1) is 0 Å². The lowest BCUT2D eigenvalue weighted by Crippen LogP contribution is -2.36. The van der Waals surface area contributed by atoms with Crippen LogP contribution in [0.2, 0.25) is 0 Å². The van der Waals surface area contributed by atoms with Gasteiger partial charge >= 0.3 is 0 Å². The number of hydrogen-bond acceptors (Lipinski definition) is 6. The molecule has 1 aromatic heterocycles. The average Bonchev–Trinajstić information content (AvgIpc) is 2.93. The smallest absolute Gasteiger partial charge is 0.252 e. The summed E-state index contributed by atoms with van der Waals surface area (Å²) in [5.74, 6) is 0.755. The van der Waals surface area contributed by atoms with Gasteiger partial charge in [-0.1, -0.05) is 17.3 Å². The van der Waals surface area contributed by atoms with Crippen LogP contribution in [0.15, 0.2) is 28.8 Å². The van der Waals surface area contributed by atoms with Crippen molar-refractivity contribution in [3.05, 3.63) is 41.5 Å². The highest BCUT2D eigenvalue weighted by molar-refractivity contribution is 5.77. The fourth-order valence-corrected chi connectivity index (χ4v) is 2.28. The molecule has 2 aromatic rings. The third-order valence-corrected chi connectivity index (χ3v) is 3.43. The van der Waals surface area contributed by atoms with Gasteiger partial charge in [-0.3, -0.25) is 4.79 Å². The summed E-state index contributed by atoms with van der Waals surface area (Å²) in [6.45, 7) is 3.80. The highest BCUT2D eigenvalue weighted by Gasteiger charge is 2.10. The predicted octanol–water partition coefficient (Wildman–Crippen LogP) is 1.71. The maximum Gasteiger partial charge on any atom is 0.252 e. The highest BCUT2D eigenvalue weighted by atomic mass is 16.5. The van der Waals surface area contributed by atoms with Crippen LogP contribution in [-0.2, 0) is 22.6 Å². The Kier molecular flexibility index (Phi) is 6.31. The Morgan fingerprint density at radius 3 is 2.62 bits per heavy atom. The fourth-order valence-electron chi connectivity index (χ4n) is 2.28. The Labute approximate surface area is 142 Å². The summed E-state index contributed by atoms with van der Waals surface area (Å²) in [5, 5.41) is 6.57. The van der Waals surface area contributed by atoms with Gasteiger partial charge in [0, 0.05) is 25.8 Å². The van der Waals surface area contributed by atoms with Crippen LogP contribution >= 0.6 is 0 Å². The van der Waals surface area contributed by atoms with Crippen LogP contribution in [0.4, 0.5) is 5.69 Å². The monoisotopic (exact) mass is 332 g/mol. The van der Waals surface area contributed by atoms with Crippen LogP contribution in [-0.4, -0.2) is 42.8 Å². The molecule has 0 saturated heterocycles. The van der Waals surface area contributed by atoms with Gasteiger partial charge in [-0.05, 0) is 38.0 Å². The minimum absolute atomic E-state index is 0.0250. The molecule has 24 heavy (non-hydrogen) atoms. The van der Waals surface area contributed by atoms with Crippen LogP contribution in [0.3, 0.4) is 0 Å². The molecule has 1 atom stereocenters. The quantitative estimate of drug-likeness (QED) is 0.792. The second kappa shape index (κ2) is 8.44. The molecular weight excluding hydrogens is 308 g/mol. The van der Waals surface area contributed by atoms with E-state index in [1.165, 1.54) is 5.56 Å². The third-order valence-electron chi connectivity index (χ3n) is 3.43. The van der Waals surface area contributed by atoms with Crippen LogP contribution in [0.5, 0.6) is 0 Å². The van der Waals surface area contributed by atoms with Crippen molar-refractivity contribution < 1.29 is 14.1 Å². The normalized spacial score (nSPS) is 12.0. The van der Waals surface area contributed by atoms with Gasteiger partial charge in [0.05, 0.1) is 0 Å². The summed E-state index contributed by atoms with van der Waals surface area (Å²) in [6.07, 6.45) is 0.766. The van der Waals surface area contributed by atoms with E-state index in [2.05, 4.69) is 44.6 Å². The molecule has 1 aromatic carbocycles. The van der Waals surface area contributed by atoms with E-state index < -0.39 is 0 Å². The molecule has 1 unspecified atom stereocenters. The first kappa shape index (κ1) is 17.9. The van der Waals surface area contributed by atoms with Crippen molar-refractivity contribution in [2.75, 3.05) is 25.6 Å². The first-order chi connectivity index (χ1) is 11.4. The molecule has 0 radical (unpaired) electrons. The van der Waals surface area contributed by atoms with Gasteiger partial charge in [0.1, 0.15) is 13.2 Å². The minimum atomic E-state index is -0.163. The van der Waals surface area contributed by atoms with Gasteiger partial charge in [0.25, 0.3) is 5.89 Å². The lowest BCUT2D eigenvalue weighted by Gasteiger charge is -2.16. The molecule has 2 rings (SSSR count). The molecule has 1 heterocycles. The molecule has 0 bridgehead atoms. The summed E-state index contributed by atoms with van der Waals surface area (Å²) < 4.78 is 10.2.